The van der Waals surface area contributed by atoms with Crippen LogP contribution in [0.4, 0.5) is 0 Å². The van der Waals surface area contributed by atoms with Gasteiger partial charge >= 0.3 is 5.97 Å². The number of cyclic esters (lactones) is 1. The molecule has 1 fully saturated rings. The Labute approximate surface area is 310 Å². The highest BCUT2D eigenvalue weighted by Gasteiger charge is 2.57. The molecule has 0 aromatic rings. The van der Waals surface area contributed by atoms with Gasteiger partial charge in [0, 0.05) is 0 Å². The Morgan fingerprint density at radius 2 is 1.42 bits per heavy atom. The summed E-state index contributed by atoms with van der Waals surface area (Å²) < 4.78 is 21.8. The van der Waals surface area contributed by atoms with E-state index in [2.05, 4.69) is 51.2 Å². The highest BCUT2D eigenvalue weighted by atomic mass is 16.8. The molecule has 53 heavy (non-hydrogen) atoms. The fraction of sp³-hybridized carbons (Fsp3) is 0.590. The summed E-state index contributed by atoms with van der Waals surface area (Å²) in [6.07, 6.45) is -0.890. The lowest BCUT2D eigenvalue weighted by molar-refractivity contribution is -0.220. The maximum absolute atomic E-state index is 11.7. The zero-order chi connectivity index (χ0) is 40.5. The van der Waals surface area contributed by atoms with Gasteiger partial charge in [-0.2, -0.15) is 0 Å². The number of hydrogen-bond acceptors (Lipinski definition) is 14. The Hall–Kier alpha value is -3.92. The van der Waals surface area contributed by atoms with Crippen LogP contribution in [-0.2, 0) is 28.5 Å². The molecule has 8 N–H and O–H groups in total. The summed E-state index contributed by atoms with van der Waals surface area (Å²) >= 11 is 0. The first-order valence-electron chi connectivity index (χ1n) is 17.4. The molecule has 5 rings (SSSR count). The fourth-order valence-electron chi connectivity index (χ4n) is 7.07. The summed E-state index contributed by atoms with van der Waals surface area (Å²) in [4.78, 5) is 22.2. The fourth-order valence-corrected chi connectivity index (χ4v) is 7.07. The van der Waals surface area contributed by atoms with Crippen molar-refractivity contribution in [2.45, 2.75) is 124 Å². The molecule has 1 saturated heterocycles. The summed E-state index contributed by atoms with van der Waals surface area (Å²) in [6.45, 7) is 23.1. The number of aliphatic hydroxyl groups is 8. The SMILES string of the molecule is C=C1O[C@H](C2COC3(O2)C(C)=C(C=C(C)C)C(C)(C)CC3O)C(O)=C1O.CC(C)=CC1=C(C)C(=O)C(O)CC1(C)C.O=C1O[C@H]([C@@H](O)CO)C(O)=C1O. The van der Waals surface area contributed by atoms with E-state index in [1.54, 1.807) is 6.92 Å². The first-order valence-corrected chi connectivity index (χ1v) is 17.4. The van der Waals surface area contributed by atoms with E-state index in [-0.39, 0.29) is 40.5 Å². The van der Waals surface area contributed by atoms with Crippen LogP contribution >= 0.6 is 0 Å². The van der Waals surface area contributed by atoms with Crippen molar-refractivity contribution in [3.63, 3.8) is 0 Å². The second kappa shape index (κ2) is 16.2. The number of esters is 1. The average Bonchev–Trinajstić information content (AvgIpc) is 3.70. The minimum atomic E-state index is -1.42. The van der Waals surface area contributed by atoms with Crippen molar-refractivity contribution in [1.29, 1.82) is 0 Å². The van der Waals surface area contributed by atoms with Crippen LogP contribution in [-0.4, -0.2) is 108 Å². The number of ketones is 1. The molecule has 7 atom stereocenters. The first-order chi connectivity index (χ1) is 24.3. The van der Waals surface area contributed by atoms with Crippen LogP contribution < -0.4 is 0 Å². The molecular weight excluding hydrogens is 692 g/mol. The molecule has 14 nitrogen and oxygen atoms in total. The molecule has 0 bridgehead atoms. The Balaban J connectivity index is 0.000000237. The van der Waals surface area contributed by atoms with Crippen molar-refractivity contribution in [3.05, 3.63) is 81.0 Å². The summed E-state index contributed by atoms with van der Waals surface area (Å²) in [5, 5.41) is 75.4. The van der Waals surface area contributed by atoms with Gasteiger partial charge in [-0.05, 0) is 87.5 Å². The van der Waals surface area contributed by atoms with E-state index in [0.29, 0.717) is 18.4 Å². The predicted octanol–water partition coefficient (Wildman–Crippen LogP) is 4.63. The van der Waals surface area contributed by atoms with Gasteiger partial charge in [0.2, 0.25) is 11.5 Å². The molecule has 14 heteroatoms. The Morgan fingerprint density at radius 3 is 1.89 bits per heavy atom. The summed E-state index contributed by atoms with van der Waals surface area (Å²) in [5.41, 5.74) is 5.65. The van der Waals surface area contributed by atoms with Crippen molar-refractivity contribution >= 4 is 11.8 Å². The summed E-state index contributed by atoms with van der Waals surface area (Å²) in [7, 11) is 0. The second-order valence-corrected chi connectivity index (χ2v) is 15.7. The molecule has 2 aliphatic carbocycles. The highest BCUT2D eigenvalue weighted by Crippen LogP contribution is 2.51. The molecule has 0 aromatic carbocycles. The quantitative estimate of drug-likeness (QED) is 0.179. The van der Waals surface area contributed by atoms with E-state index in [1.165, 1.54) is 5.57 Å². The third kappa shape index (κ3) is 8.90. The van der Waals surface area contributed by atoms with Crippen molar-refractivity contribution in [2.75, 3.05) is 13.2 Å². The maximum atomic E-state index is 11.7. The number of rotatable bonds is 5. The number of hydrogen-bond donors (Lipinski definition) is 8. The molecule has 0 saturated carbocycles. The van der Waals surface area contributed by atoms with Gasteiger partial charge in [0.25, 0.3) is 0 Å². The van der Waals surface area contributed by atoms with Gasteiger partial charge in [0.15, 0.2) is 41.0 Å². The van der Waals surface area contributed by atoms with Gasteiger partial charge < -0.3 is 59.8 Å². The lowest BCUT2D eigenvalue weighted by atomic mass is 9.68. The summed E-state index contributed by atoms with van der Waals surface area (Å²) in [6, 6.07) is 0. The molecule has 3 aliphatic heterocycles. The van der Waals surface area contributed by atoms with Crippen molar-refractivity contribution in [3.8, 4) is 0 Å². The van der Waals surface area contributed by atoms with E-state index in [1.807, 2.05) is 34.6 Å². The number of allylic oxidation sites excluding steroid dienone is 6. The van der Waals surface area contributed by atoms with Gasteiger partial charge in [0.1, 0.15) is 24.4 Å². The molecule has 3 heterocycles. The lowest BCUT2D eigenvalue weighted by Crippen LogP contribution is -2.52. The highest BCUT2D eigenvalue weighted by molar-refractivity contribution is 6.00. The Morgan fingerprint density at radius 1 is 0.868 bits per heavy atom. The maximum Gasteiger partial charge on any atom is 0.377 e. The van der Waals surface area contributed by atoms with E-state index in [9.17, 15) is 30.0 Å². The van der Waals surface area contributed by atoms with E-state index in [4.69, 9.17) is 34.6 Å². The number of ether oxygens (including phenoxy) is 4. The first kappa shape index (κ1) is 43.5. The molecule has 5 aliphatic rings. The number of Topliss-reactive ketones (excluding diaryl/α,β-unsaturated/α-hetero) is 1. The van der Waals surface area contributed by atoms with E-state index >= 15 is 0 Å². The van der Waals surface area contributed by atoms with Crippen LogP contribution in [0.2, 0.25) is 0 Å². The van der Waals surface area contributed by atoms with Crippen LogP contribution in [0.1, 0.15) is 82.1 Å². The largest absolute Gasteiger partial charge is 0.505 e. The van der Waals surface area contributed by atoms with Gasteiger partial charge in [-0.3, -0.25) is 4.79 Å². The Bertz CT molecular complexity index is 1660. The van der Waals surface area contributed by atoms with Gasteiger partial charge in [-0.25, -0.2) is 4.79 Å². The Kier molecular flexibility index (Phi) is 13.3. The number of carbonyl (C=O) groups is 2. The molecule has 296 valence electrons. The number of aliphatic hydroxyl groups excluding tert-OH is 8. The molecular formula is C39H56O14. The van der Waals surface area contributed by atoms with Crippen LogP contribution in [0, 0.1) is 10.8 Å². The third-order valence-electron chi connectivity index (χ3n) is 9.82. The third-order valence-corrected chi connectivity index (χ3v) is 9.82. The van der Waals surface area contributed by atoms with Crippen LogP contribution in [0.15, 0.2) is 81.0 Å². The normalized spacial score (nSPS) is 31.1. The van der Waals surface area contributed by atoms with Crippen LogP contribution in [0.3, 0.4) is 0 Å². The zero-order valence-corrected chi connectivity index (χ0v) is 32.2. The second-order valence-electron chi connectivity index (χ2n) is 15.7. The average molecular weight is 749 g/mol. The number of carbonyl (C=O) groups excluding carboxylic acids is 2. The van der Waals surface area contributed by atoms with Crippen LogP contribution in [0.5, 0.6) is 0 Å². The van der Waals surface area contributed by atoms with Gasteiger partial charge in [-0.15, -0.1) is 0 Å². The zero-order valence-electron chi connectivity index (χ0n) is 32.2. The molecule has 4 unspecified atom stereocenters. The van der Waals surface area contributed by atoms with Gasteiger partial charge in [-0.1, -0.05) is 57.6 Å². The molecule has 1 spiro atoms. The molecule has 0 aromatic heterocycles. The van der Waals surface area contributed by atoms with Crippen molar-refractivity contribution in [2.24, 2.45) is 10.8 Å². The van der Waals surface area contributed by atoms with Crippen LogP contribution in [0.25, 0.3) is 0 Å². The van der Waals surface area contributed by atoms with Crippen molar-refractivity contribution in [1.82, 2.24) is 0 Å². The molecule has 0 amide bonds. The summed E-state index contributed by atoms with van der Waals surface area (Å²) in [5.74, 6) is -4.88. The van der Waals surface area contributed by atoms with Gasteiger partial charge in [0.05, 0.1) is 13.2 Å². The monoisotopic (exact) mass is 748 g/mol. The smallest absolute Gasteiger partial charge is 0.377 e. The minimum absolute atomic E-state index is 0.000120. The topological polar surface area (TPSA) is 233 Å². The lowest BCUT2D eigenvalue weighted by Gasteiger charge is -2.45. The van der Waals surface area contributed by atoms with E-state index in [0.717, 1.165) is 22.3 Å². The molecule has 0 radical (unpaired) electrons. The van der Waals surface area contributed by atoms with Crippen molar-refractivity contribution < 1.29 is 69.4 Å². The predicted molar refractivity (Wildman–Crippen MR) is 193 cm³/mol. The van der Waals surface area contributed by atoms with E-state index < -0.39 is 66.5 Å². The minimum Gasteiger partial charge on any atom is -0.505 e. The standard InChI is InChI=1S/C20H28O6.C13H20O2.C6H8O6/c1-10(2)7-13-11(3)20(15(21)8-19(13,5)6)24-9-14(26-20)18-17(23)16(22)12(4)25-18;1-8(2)6-10-9(3)12(15)11(14)7-13(10,4)5;7-1-2(8)5-3(9)4(10)6(11)12-5/h7,14-15,18,21-23H,4,8-9H2,1-3,5-6H3;6,11,14H,7H2,1-5H3;2,5,7-10H,1H2/t14?,15?,18-,20?;;2-,5+/m1.0/s1.